The number of piperidine rings is 1. The molecule has 0 aromatic carbocycles. The average Bonchev–Trinajstić information content (AvgIpc) is 2.59. The summed E-state index contributed by atoms with van der Waals surface area (Å²) < 4.78 is 5.01. The van der Waals surface area contributed by atoms with Gasteiger partial charge in [0.05, 0.1) is 6.61 Å². The van der Waals surface area contributed by atoms with Crippen LogP contribution in [0.25, 0.3) is 0 Å². The van der Waals surface area contributed by atoms with Crippen LogP contribution >= 0.6 is 0 Å². The van der Waals surface area contributed by atoms with E-state index in [4.69, 9.17) is 4.74 Å². The van der Waals surface area contributed by atoms with Gasteiger partial charge >= 0.3 is 6.09 Å². The van der Waals surface area contributed by atoms with Gasteiger partial charge in [0.2, 0.25) is 5.91 Å². The SMILES string of the molecule is CCCNC(=O)CCNC(=NC)NC1CCN(C(=O)OCC)CC1. The van der Waals surface area contributed by atoms with E-state index in [0.717, 1.165) is 19.3 Å². The van der Waals surface area contributed by atoms with Crippen molar-refractivity contribution in [3.05, 3.63) is 0 Å². The molecule has 0 aromatic rings. The molecule has 1 aliphatic heterocycles. The number of nitrogens with zero attached hydrogens (tertiary/aromatic N) is 2. The first-order valence-corrected chi connectivity index (χ1v) is 8.76. The minimum Gasteiger partial charge on any atom is -0.450 e. The monoisotopic (exact) mass is 341 g/mol. The van der Waals surface area contributed by atoms with Gasteiger partial charge in [-0.1, -0.05) is 6.92 Å². The number of ether oxygens (including phenoxy) is 1. The molecule has 8 nitrogen and oxygen atoms in total. The Kier molecular flexibility index (Phi) is 9.64. The van der Waals surface area contributed by atoms with Crippen molar-refractivity contribution in [2.24, 2.45) is 4.99 Å². The fourth-order valence-electron chi connectivity index (χ4n) is 2.46. The lowest BCUT2D eigenvalue weighted by atomic mass is 10.1. The third-order valence-corrected chi connectivity index (χ3v) is 3.80. The molecule has 1 saturated heterocycles. The lowest BCUT2D eigenvalue weighted by Crippen LogP contribution is -2.50. The van der Waals surface area contributed by atoms with Gasteiger partial charge in [0.1, 0.15) is 0 Å². The van der Waals surface area contributed by atoms with E-state index in [2.05, 4.69) is 20.9 Å². The second kappa shape index (κ2) is 11.5. The number of aliphatic imine (C=N–C) groups is 1. The highest BCUT2D eigenvalue weighted by atomic mass is 16.6. The number of rotatable bonds is 7. The molecule has 1 fully saturated rings. The van der Waals surface area contributed by atoms with Crippen molar-refractivity contribution in [3.63, 3.8) is 0 Å². The fraction of sp³-hybridized carbons (Fsp3) is 0.812. The minimum atomic E-state index is -0.239. The predicted octanol–water partition coefficient (Wildman–Crippen LogP) is 0.689. The van der Waals surface area contributed by atoms with E-state index >= 15 is 0 Å². The molecular weight excluding hydrogens is 310 g/mol. The van der Waals surface area contributed by atoms with Crippen LogP contribution in [-0.4, -0.2) is 68.7 Å². The Balaban J connectivity index is 2.25. The lowest BCUT2D eigenvalue weighted by Gasteiger charge is -2.32. The van der Waals surface area contributed by atoms with Crippen LogP contribution in [0.15, 0.2) is 4.99 Å². The largest absolute Gasteiger partial charge is 0.450 e. The van der Waals surface area contributed by atoms with E-state index in [1.165, 1.54) is 0 Å². The second-order valence-corrected chi connectivity index (χ2v) is 5.70. The van der Waals surface area contributed by atoms with Crippen LogP contribution < -0.4 is 16.0 Å². The van der Waals surface area contributed by atoms with Crippen LogP contribution in [0.2, 0.25) is 0 Å². The van der Waals surface area contributed by atoms with Gasteiger partial charge in [0.25, 0.3) is 0 Å². The van der Waals surface area contributed by atoms with Crippen molar-refractivity contribution in [2.45, 2.75) is 45.6 Å². The van der Waals surface area contributed by atoms with Crippen molar-refractivity contribution in [1.82, 2.24) is 20.9 Å². The summed E-state index contributed by atoms with van der Waals surface area (Å²) in [4.78, 5) is 29.1. The topological polar surface area (TPSA) is 95.1 Å². The zero-order valence-electron chi connectivity index (χ0n) is 15.1. The van der Waals surface area contributed by atoms with Crippen LogP contribution in [0.4, 0.5) is 4.79 Å². The minimum absolute atomic E-state index is 0.0440. The van der Waals surface area contributed by atoms with E-state index in [9.17, 15) is 9.59 Å². The van der Waals surface area contributed by atoms with Crippen LogP contribution in [0.3, 0.4) is 0 Å². The second-order valence-electron chi connectivity index (χ2n) is 5.70. The molecule has 1 aliphatic rings. The van der Waals surface area contributed by atoms with Gasteiger partial charge < -0.3 is 25.6 Å². The van der Waals surface area contributed by atoms with Gasteiger partial charge in [0, 0.05) is 45.7 Å². The standard InChI is InChI=1S/C16H31N5O3/c1-4-9-18-14(22)6-10-19-15(17-3)20-13-7-11-21(12-8-13)16(23)24-5-2/h13H,4-12H2,1-3H3,(H,18,22)(H2,17,19,20). The molecule has 1 heterocycles. The van der Waals surface area contributed by atoms with Gasteiger partial charge in [-0.05, 0) is 26.2 Å². The Morgan fingerprint density at radius 2 is 1.88 bits per heavy atom. The molecule has 0 aliphatic carbocycles. The maximum Gasteiger partial charge on any atom is 0.409 e. The van der Waals surface area contributed by atoms with Crippen LogP contribution in [0, 0.1) is 0 Å². The first-order valence-electron chi connectivity index (χ1n) is 8.76. The molecule has 0 atom stereocenters. The number of amides is 2. The van der Waals surface area contributed by atoms with E-state index in [1.54, 1.807) is 11.9 Å². The van der Waals surface area contributed by atoms with Crippen molar-refractivity contribution in [3.8, 4) is 0 Å². The summed E-state index contributed by atoms with van der Waals surface area (Å²) in [5.74, 6) is 0.732. The van der Waals surface area contributed by atoms with E-state index in [1.807, 2.05) is 13.8 Å². The summed E-state index contributed by atoms with van der Waals surface area (Å²) >= 11 is 0. The van der Waals surface area contributed by atoms with Gasteiger partial charge in [0.15, 0.2) is 5.96 Å². The normalized spacial score (nSPS) is 15.8. The lowest BCUT2D eigenvalue weighted by molar-refractivity contribution is -0.120. The summed E-state index contributed by atoms with van der Waals surface area (Å²) in [5, 5.41) is 9.34. The zero-order chi connectivity index (χ0) is 17.8. The maximum absolute atomic E-state index is 11.7. The van der Waals surface area contributed by atoms with Crippen LogP contribution in [-0.2, 0) is 9.53 Å². The molecule has 0 bridgehead atoms. The van der Waals surface area contributed by atoms with Crippen LogP contribution in [0.5, 0.6) is 0 Å². The highest BCUT2D eigenvalue weighted by Crippen LogP contribution is 2.11. The number of hydrogen-bond donors (Lipinski definition) is 3. The van der Waals surface area contributed by atoms with E-state index in [-0.39, 0.29) is 18.0 Å². The Hall–Kier alpha value is -1.99. The van der Waals surface area contributed by atoms with E-state index < -0.39 is 0 Å². The number of nitrogens with one attached hydrogen (secondary N) is 3. The predicted molar refractivity (Wildman–Crippen MR) is 94.0 cm³/mol. The van der Waals surface area contributed by atoms with Crippen molar-refractivity contribution in [1.29, 1.82) is 0 Å². The zero-order valence-corrected chi connectivity index (χ0v) is 15.1. The highest BCUT2D eigenvalue weighted by Gasteiger charge is 2.23. The Morgan fingerprint density at radius 3 is 2.46 bits per heavy atom. The Bertz CT molecular complexity index is 420. The Labute approximate surface area is 144 Å². The molecular formula is C16H31N5O3. The first kappa shape index (κ1) is 20.1. The van der Waals surface area contributed by atoms with Gasteiger partial charge in [-0.15, -0.1) is 0 Å². The quantitative estimate of drug-likeness (QED) is 0.468. The highest BCUT2D eigenvalue weighted by molar-refractivity contribution is 5.81. The van der Waals surface area contributed by atoms with Gasteiger partial charge in [-0.25, -0.2) is 4.79 Å². The molecule has 0 radical (unpaired) electrons. The molecule has 2 amide bonds. The van der Waals surface area contributed by atoms with Crippen molar-refractivity contribution in [2.75, 3.05) is 39.8 Å². The number of likely N-dealkylation sites (tertiary alicyclic amines) is 1. The maximum atomic E-state index is 11.7. The van der Waals surface area contributed by atoms with E-state index in [0.29, 0.717) is 45.2 Å². The molecule has 0 unspecified atom stereocenters. The molecule has 3 N–H and O–H groups in total. The smallest absolute Gasteiger partial charge is 0.409 e. The van der Waals surface area contributed by atoms with Gasteiger partial charge in [-0.2, -0.15) is 0 Å². The first-order chi connectivity index (χ1) is 11.6. The fourth-order valence-corrected chi connectivity index (χ4v) is 2.46. The van der Waals surface area contributed by atoms with Crippen LogP contribution in [0.1, 0.15) is 39.5 Å². The molecule has 0 spiro atoms. The van der Waals surface area contributed by atoms with Crippen molar-refractivity contribution >= 4 is 18.0 Å². The summed E-state index contributed by atoms with van der Waals surface area (Å²) in [6, 6.07) is 0.260. The summed E-state index contributed by atoms with van der Waals surface area (Å²) in [5.41, 5.74) is 0. The molecule has 138 valence electrons. The number of guanidine groups is 1. The summed E-state index contributed by atoms with van der Waals surface area (Å²) in [7, 11) is 1.71. The number of hydrogen-bond acceptors (Lipinski definition) is 4. The molecule has 0 saturated carbocycles. The molecule has 8 heteroatoms. The van der Waals surface area contributed by atoms with Gasteiger partial charge in [-0.3, -0.25) is 9.79 Å². The summed E-state index contributed by atoms with van der Waals surface area (Å²) in [6.45, 7) is 6.84. The molecule has 0 aromatic heterocycles. The summed E-state index contributed by atoms with van der Waals surface area (Å²) in [6.07, 6.45) is 2.80. The number of carbonyl (C=O) groups excluding carboxylic acids is 2. The average molecular weight is 341 g/mol. The Morgan fingerprint density at radius 1 is 1.17 bits per heavy atom. The third-order valence-electron chi connectivity index (χ3n) is 3.80. The number of carbonyl (C=O) groups is 2. The third kappa shape index (κ3) is 7.52. The molecule has 24 heavy (non-hydrogen) atoms. The van der Waals surface area contributed by atoms with Crippen molar-refractivity contribution < 1.29 is 14.3 Å². The molecule has 1 rings (SSSR count).